The highest BCUT2D eigenvalue weighted by molar-refractivity contribution is 5.97. The summed E-state index contributed by atoms with van der Waals surface area (Å²) in [4.78, 5) is 48.0. The van der Waals surface area contributed by atoms with E-state index in [-0.39, 0.29) is 30.3 Å². The second kappa shape index (κ2) is 16.5. The summed E-state index contributed by atoms with van der Waals surface area (Å²) < 4.78 is 0. The molecule has 0 saturated heterocycles. The molecule has 0 spiro atoms. The van der Waals surface area contributed by atoms with Gasteiger partial charge in [0.05, 0.1) is 19.1 Å². The van der Waals surface area contributed by atoms with Crippen molar-refractivity contribution in [2.75, 3.05) is 19.6 Å². The second-order valence-electron chi connectivity index (χ2n) is 11.9. The van der Waals surface area contributed by atoms with Crippen LogP contribution in [-0.2, 0) is 22.7 Å². The molecular weight excluding hydrogens is 566 g/mol. The average molecular weight is 612 g/mol. The van der Waals surface area contributed by atoms with Crippen molar-refractivity contribution in [1.29, 1.82) is 0 Å². The lowest BCUT2D eigenvalue weighted by molar-refractivity contribution is -0.124. The molecule has 0 unspecified atom stereocenters. The van der Waals surface area contributed by atoms with Crippen LogP contribution in [0.2, 0.25) is 0 Å². The molecular formula is C35H45N7O3. The van der Waals surface area contributed by atoms with Crippen LogP contribution in [0.25, 0.3) is 10.8 Å². The first-order valence-corrected chi connectivity index (χ1v) is 15.6. The van der Waals surface area contributed by atoms with Crippen LogP contribution in [0.3, 0.4) is 0 Å². The number of amides is 3. The first-order valence-electron chi connectivity index (χ1n) is 15.6. The Kier molecular flexibility index (Phi) is 12.2. The highest BCUT2D eigenvalue weighted by Crippen LogP contribution is 2.24. The summed E-state index contributed by atoms with van der Waals surface area (Å²) in [6.07, 6.45) is 4.50. The van der Waals surface area contributed by atoms with Gasteiger partial charge in [-0.2, -0.15) is 0 Å². The van der Waals surface area contributed by atoms with Crippen molar-refractivity contribution in [1.82, 2.24) is 30.8 Å². The smallest absolute Gasteiger partial charge is 0.251 e. The molecule has 0 aliphatic carbocycles. The quantitative estimate of drug-likeness (QED) is 0.122. The zero-order valence-corrected chi connectivity index (χ0v) is 26.4. The molecule has 3 aromatic carbocycles. The molecule has 0 saturated carbocycles. The summed E-state index contributed by atoms with van der Waals surface area (Å²) in [7, 11) is 0. The van der Waals surface area contributed by atoms with E-state index in [1.54, 1.807) is 24.5 Å². The maximum Gasteiger partial charge on any atom is 0.251 e. The van der Waals surface area contributed by atoms with Crippen LogP contribution >= 0.6 is 0 Å². The molecule has 0 aliphatic heterocycles. The summed E-state index contributed by atoms with van der Waals surface area (Å²) in [6.45, 7) is 8.80. The summed E-state index contributed by atoms with van der Waals surface area (Å²) >= 11 is 0. The number of hydrogen-bond acceptors (Lipinski definition) is 6. The van der Waals surface area contributed by atoms with E-state index in [0.717, 1.165) is 27.7 Å². The predicted molar refractivity (Wildman–Crippen MR) is 177 cm³/mol. The first-order chi connectivity index (χ1) is 21.7. The largest absolute Gasteiger partial charge is 0.369 e. The van der Waals surface area contributed by atoms with Gasteiger partial charge in [-0.15, -0.1) is 0 Å². The fraction of sp³-hybridized carbons (Fsp3) is 0.371. The van der Waals surface area contributed by atoms with E-state index in [9.17, 15) is 14.4 Å². The number of carbonyl (C=O) groups excluding carboxylic acids is 3. The number of nitrogens with two attached hydrogens (primary N) is 1. The number of nitrogens with zero attached hydrogens (tertiary/aromatic N) is 2. The van der Waals surface area contributed by atoms with Gasteiger partial charge in [0.15, 0.2) is 0 Å². The molecule has 3 amide bonds. The molecule has 1 heterocycles. The molecule has 0 aliphatic rings. The molecule has 0 radical (unpaired) electrons. The fourth-order valence-corrected chi connectivity index (χ4v) is 5.51. The minimum atomic E-state index is -0.765. The number of carbonyl (C=O) groups is 3. The molecule has 238 valence electrons. The number of benzene rings is 3. The monoisotopic (exact) mass is 611 g/mol. The van der Waals surface area contributed by atoms with Crippen molar-refractivity contribution in [3.63, 3.8) is 0 Å². The van der Waals surface area contributed by atoms with E-state index in [2.05, 4.69) is 39.8 Å². The third-order valence-electron chi connectivity index (χ3n) is 7.63. The summed E-state index contributed by atoms with van der Waals surface area (Å²) in [5, 5.41) is 11.6. The number of H-pyrrole nitrogens is 1. The minimum Gasteiger partial charge on any atom is -0.369 e. The van der Waals surface area contributed by atoms with Gasteiger partial charge >= 0.3 is 0 Å². The molecule has 4 aromatic rings. The van der Waals surface area contributed by atoms with Gasteiger partial charge < -0.3 is 26.7 Å². The molecule has 1 aromatic heterocycles. The van der Waals surface area contributed by atoms with Crippen LogP contribution in [0.4, 0.5) is 0 Å². The van der Waals surface area contributed by atoms with Crippen LogP contribution < -0.4 is 21.7 Å². The van der Waals surface area contributed by atoms with Gasteiger partial charge in [0.2, 0.25) is 11.8 Å². The normalized spacial score (nSPS) is 12.7. The Balaban J connectivity index is 1.43. The predicted octanol–water partition coefficient (Wildman–Crippen LogP) is 4.05. The number of imidazole rings is 1. The minimum absolute atomic E-state index is 0.155. The highest BCUT2D eigenvalue weighted by atomic mass is 16.2. The maximum absolute atomic E-state index is 13.7. The maximum atomic E-state index is 13.7. The summed E-state index contributed by atoms with van der Waals surface area (Å²) in [6, 6.07) is 20.4. The van der Waals surface area contributed by atoms with Crippen LogP contribution in [0.1, 0.15) is 67.0 Å². The standard InChI is InChI=1S/C35H45N7O3/c1-24(2)22-42(23-32(36)43)19-7-12-31(35(45)40-25(3)29-11-6-9-27-8-4-5-10-30(27)29)41-34(44)28-15-13-26(14-16-28)20-37-21-33-38-17-18-39-33/h4-6,8-11,13-18,24-25,31,37H,7,12,19-23H2,1-3H3,(H2,36,43)(H,38,39)(H,40,45)(H,41,44)/t25-,31-/m0/s1. The van der Waals surface area contributed by atoms with Gasteiger partial charge in [-0.1, -0.05) is 68.4 Å². The third-order valence-corrected chi connectivity index (χ3v) is 7.63. The van der Waals surface area contributed by atoms with E-state index in [0.29, 0.717) is 50.5 Å². The third kappa shape index (κ3) is 10.3. The van der Waals surface area contributed by atoms with Crippen molar-refractivity contribution >= 4 is 28.5 Å². The Morgan fingerprint density at radius 1 is 0.933 bits per heavy atom. The van der Waals surface area contributed by atoms with E-state index in [4.69, 9.17) is 5.73 Å². The van der Waals surface area contributed by atoms with E-state index < -0.39 is 6.04 Å². The number of aromatic nitrogens is 2. The van der Waals surface area contributed by atoms with Gasteiger partial charge in [0, 0.05) is 31.0 Å². The van der Waals surface area contributed by atoms with Crippen LogP contribution in [-0.4, -0.2) is 58.3 Å². The lowest BCUT2D eigenvalue weighted by Crippen LogP contribution is -2.47. The SMILES string of the molecule is CC(C)CN(CCC[C@H](NC(=O)c1ccc(CNCc2ncc[nH]2)cc1)C(=O)N[C@@H](C)c1cccc2ccccc12)CC(N)=O. The van der Waals surface area contributed by atoms with Gasteiger partial charge in [-0.3, -0.25) is 19.3 Å². The topological polar surface area (TPSA) is 145 Å². The van der Waals surface area contributed by atoms with E-state index in [1.165, 1.54) is 0 Å². The van der Waals surface area contributed by atoms with E-state index in [1.807, 2.05) is 66.4 Å². The fourth-order valence-electron chi connectivity index (χ4n) is 5.51. The van der Waals surface area contributed by atoms with Gasteiger partial charge in [-0.05, 0) is 66.3 Å². The number of nitrogens with one attached hydrogen (secondary N) is 4. The van der Waals surface area contributed by atoms with E-state index >= 15 is 0 Å². The molecule has 2 atom stereocenters. The second-order valence-corrected chi connectivity index (χ2v) is 11.9. The Bertz CT molecular complexity index is 1530. The first kappa shape index (κ1) is 33.4. The average Bonchev–Trinajstić information content (AvgIpc) is 3.53. The van der Waals surface area contributed by atoms with Crippen molar-refractivity contribution in [2.24, 2.45) is 11.7 Å². The van der Waals surface area contributed by atoms with Gasteiger partial charge in [0.25, 0.3) is 5.91 Å². The van der Waals surface area contributed by atoms with Crippen molar-refractivity contribution in [3.05, 3.63) is 102 Å². The van der Waals surface area contributed by atoms with Crippen molar-refractivity contribution < 1.29 is 14.4 Å². The molecule has 0 fully saturated rings. The van der Waals surface area contributed by atoms with Gasteiger partial charge in [0.1, 0.15) is 11.9 Å². The summed E-state index contributed by atoms with van der Waals surface area (Å²) in [5.74, 6) is 0.244. The molecule has 45 heavy (non-hydrogen) atoms. The Hall–Kier alpha value is -4.54. The zero-order chi connectivity index (χ0) is 32.2. The van der Waals surface area contributed by atoms with Crippen LogP contribution in [0.5, 0.6) is 0 Å². The number of rotatable bonds is 17. The van der Waals surface area contributed by atoms with Crippen LogP contribution in [0, 0.1) is 5.92 Å². The van der Waals surface area contributed by atoms with Crippen molar-refractivity contribution in [2.45, 2.75) is 58.8 Å². The number of fused-ring (bicyclic) bond motifs is 1. The highest BCUT2D eigenvalue weighted by Gasteiger charge is 2.24. The Morgan fingerprint density at radius 2 is 1.69 bits per heavy atom. The molecule has 0 bridgehead atoms. The lowest BCUT2D eigenvalue weighted by atomic mass is 9.99. The zero-order valence-electron chi connectivity index (χ0n) is 26.4. The van der Waals surface area contributed by atoms with Gasteiger partial charge in [-0.25, -0.2) is 4.98 Å². The van der Waals surface area contributed by atoms with Crippen molar-refractivity contribution in [3.8, 4) is 0 Å². The lowest BCUT2D eigenvalue weighted by Gasteiger charge is -2.25. The number of hydrogen-bond donors (Lipinski definition) is 5. The molecule has 4 rings (SSSR count). The summed E-state index contributed by atoms with van der Waals surface area (Å²) in [5.41, 5.74) is 7.98. The molecule has 6 N–H and O–H groups in total. The number of primary amides is 1. The number of aromatic amines is 1. The Labute approximate surface area is 265 Å². The Morgan fingerprint density at radius 3 is 2.40 bits per heavy atom. The molecule has 10 heteroatoms. The molecule has 10 nitrogen and oxygen atoms in total. The van der Waals surface area contributed by atoms with Crippen LogP contribution in [0.15, 0.2) is 79.1 Å².